The molecule has 1 aromatic rings. The third-order valence-electron chi connectivity index (χ3n) is 3.03. The summed E-state index contributed by atoms with van der Waals surface area (Å²) >= 11 is 0. The molecular weight excluding hydrogens is 413 g/mol. The largest absolute Gasteiger partial charge is 0.464 e. The zero-order valence-corrected chi connectivity index (χ0v) is 17.4. The Balaban J connectivity index is 0.00000441. The number of hydrogen-bond acceptors (Lipinski definition) is 3. The summed E-state index contributed by atoms with van der Waals surface area (Å²) in [6.07, 6.45) is 0. The van der Waals surface area contributed by atoms with Crippen LogP contribution < -0.4 is 10.6 Å². The van der Waals surface area contributed by atoms with Crippen LogP contribution in [0.2, 0.25) is 0 Å². The third-order valence-corrected chi connectivity index (χ3v) is 4.97. The van der Waals surface area contributed by atoms with Crippen molar-refractivity contribution in [2.45, 2.75) is 45.4 Å². The van der Waals surface area contributed by atoms with Crippen LogP contribution in [0.15, 0.2) is 21.5 Å². The minimum Gasteiger partial charge on any atom is -0.464 e. The second kappa shape index (κ2) is 9.54. The average molecular weight is 441 g/mol. The zero-order valence-electron chi connectivity index (χ0n) is 14.2. The number of guanidine groups is 1. The van der Waals surface area contributed by atoms with Crippen molar-refractivity contribution >= 4 is 40.7 Å². The van der Waals surface area contributed by atoms with Gasteiger partial charge in [-0.25, -0.2) is 0 Å². The van der Waals surface area contributed by atoms with Crippen molar-refractivity contribution < 1.29 is 8.63 Å². The van der Waals surface area contributed by atoms with E-state index < -0.39 is 10.8 Å². The number of nitrogens with zero attached hydrogens (tertiary/aromatic N) is 1. The first kappa shape index (κ1) is 21.4. The molecule has 1 heterocycles. The molecule has 0 amide bonds. The van der Waals surface area contributed by atoms with E-state index in [1.54, 1.807) is 7.05 Å². The normalized spacial score (nSPS) is 14.9. The van der Waals surface area contributed by atoms with Crippen molar-refractivity contribution in [3.05, 3.63) is 23.7 Å². The number of aryl methyl sites for hydroxylation is 1. The van der Waals surface area contributed by atoms with Crippen LogP contribution >= 0.6 is 24.0 Å². The molecule has 0 radical (unpaired) electrons. The Hall–Kier alpha value is -0.570. The molecule has 2 unspecified atom stereocenters. The van der Waals surface area contributed by atoms with E-state index >= 15 is 0 Å². The molecule has 1 aromatic heterocycles. The molecule has 0 fully saturated rings. The lowest BCUT2D eigenvalue weighted by Crippen LogP contribution is -2.41. The lowest BCUT2D eigenvalue weighted by molar-refractivity contribution is 0.441. The quantitative estimate of drug-likeness (QED) is 0.419. The molecule has 2 atom stereocenters. The van der Waals surface area contributed by atoms with Crippen LogP contribution in [0.25, 0.3) is 0 Å². The molecule has 1 rings (SSSR count). The molecule has 0 aliphatic heterocycles. The highest BCUT2D eigenvalue weighted by atomic mass is 127. The Kier molecular flexibility index (Phi) is 9.30. The molecule has 0 saturated carbocycles. The van der Waals surface area contributed by atoms with Gasteiger partial charge in [-0.1, -0.05) is 0 Å². The Bertz CT molecular complexity index is 509. The van der Waals surface area contributed by atoms with E-state index in [0.717, 1.165) is 11.5 Å². The molecular formula is C15H28IN3O2S. The van der Waals surface area contributed by atoms with Crippen molar-refractivity contribution in [1.82, 2.24) is 10.6 Å². The summed E-state index contributed by atoms with van der Waals surface area (Å²) in [6, 6.07) is 3.92. The van der Waals surface area contributed by atoms with Gasteiger partial charge in [-0.2, -0.15) is 0 Å². The van der Waals surface area contributed by atoms with Crippen molar-refractivity contribution in [2.24, 2.45) is 4.99 Å². The maximum atomic E-state index is 12.0. The van der Waals surface area contributed by atoms with Crippen molar-refractivity contribution in [2.75, 3.05) is 19.3 Å². The van der Waals surface area contributed by atoms with Crippen molar-refractivity contribution in [3.63, 3.8) is 0 Å². The molecule has 22 heavy (non-hydrogen) atoms. The van der Waals surface area contributed by atoms with Crippen LogP contribution in [-0.4, -0.2) is 34.3 Å². The summed E-state index contributed by atoms with van der Waals surface area (Å²) in [7, 11) is 0.854. The average Bonchev–Trinajstić information content (AvgIpc) is 2.82. The highest BCUT2D eigenvalue weighted by Gasteiger charge is 2.19. The Morgan fingerprint density at radius 1 is 1.41 bits per heavy atom. The van der Waals surface area contributed by atoms with Crippen LogP contribution in [0.3, 0.4) is 0 Å². The van der Waals surface area contributed by atoms with Gasteiger partial charge in [0.15, 0.2) is 5.96 Å². The van der Waals surface area contributed by atoms with E-state index in [9.17, 15) is 4.21 Å². The fraction of sp³-hybridized carbons (Fsp3) is 0.667. The van der Waals surface area contributed by atoms with Gasteiger partial charge in [0.1, 0.15) is 11.5 Å². The van der Waals surface area contributed by atoms with Crippen LogP contribution in [0.1, 0.15) is 45.3 Å². The van der Waals surface area contributed by atoms with E-state index in [-0.39, 0.29) is 34.8 Å². The lowest BCUT2D eigenvalue weighted by atomic mass is 10.2. The van der Waals surface area contributed by atoms with E-state index in [1.807, 2.05) is 46.8 Å². The molecule has 7 heteroatoms. The van der Waals surface area contributed by atoms with Gasteiger partial charge in [0.05, 0.1) is 6.04 Å². The summed E-state index contributed by atoms with van der Waals surface area (Å²) in [5.74, 6) is 3.04. The van der Waals surface area contributed by atoms with E-state index in [2.05, 4.69) is 15.6 Å². The van der Waals surface area contributed by atoms with Gasteiger partial charge in [-0.05, 0) is 46.8 Å². The fourth-order valence-electron chi connectivity index (χ4n) is 1.73. The molecule has 0 aromatic carbocycles. The Labute approximate surface area is 153 Å². The summed E-state index contributed by atoms with van der Waals surface area (Å²) in [5.41, 5.74) is 0. The summed E-state index contributed by atoms with van der Waals surface area (Å²) in [5, 5.41) is 6.44. The molecule has 5 nitrogen and oxygen atoms in total. The van der Waals surface area contributed by atoms with Gasteiger partial charge >= 0.3 is 0 Å². The number of halogens is 1. The SMILES string of the molecule is CN=C(NCCS(=O)C(C)(C)C)NC(C)c1ccc(C)o1.I. The predicted molar refractivity (Wildman–Crippen MR) is 105 cm³/mol. The molecule has 0 saturated heterocycles. The smallest absolute Gasteiger partial charge is 0.191 e. The summed E-state index contributed by atoms with van der Waals surface area (Å²) in [4.78, 5) is 4.17. The molecule has 0 aliphatic rings. The molecule has 0 bridgehead atoms. The second-order valence-electron chi connectivity index (χ2n) is 5.98. The summed E-state index contributed by atoms with van der Waals surface area (Å²) in [6.45, 7) is 10.5. The van der Waals surface area contributed by atoms with Gasteiger partial charge < -0.3 is 15.1 Å². The minimum absolute atomic E-state index is 0. The molecule has 2 N–H and O–H groups in total. The molecule has 128 valence electrons. The van der Waals surface area contributed by atoms with E-state index in [1.165, 1.54) is 0 Å². The van der Waals surface area contributed by atoms with Crippen LogP contribution in [0.4, 0.5) is 0 Å². The topological polar surface area (TPSA) is 66.6 Å². The predicted octanol–water partition coefficient (Wildman–Crippen LogP) is 2.98. The maximum Gasteiger partial charge on any atom is 0.191 e. The van der Waals surface area contributed by atoms with Gasteiger partial charge in [-0.15, -0.1) is 24.0 Å². The maximum absolute atomic E-state index is 12.0. The molecule has 0 aliphatic carbocycles. The van der Waals surface area contributed by atoms with Crippen molar-refractivity contribution in [1.29, 1.82) is 0 Å². The van der Waals surface area contributed by atoms with Gasteiger partial charge in [0, 0.05) is 34.9 Å². The third kappa shape index (κ3) is 7.13. The number of furan rings is 1. The van der Waals surface area contributed by atoms with Gasteiger partial charge in [0.2, 0.25) is 0 Å². The highest BCUT2D eigenvalue weighted by Crippen LogP contribution is 2.15. The first-order valence-corrected chi connectivity index (χ1v) is 8.48. The van der Waals surface area contributed by atoms with Gasteiger partial charge in [-0.3, -0.25) is 9.20 Å². The fourth-order valence-corrected chi connectivity index (χ4v) is 2.63. The van der Waals surface area contributed by atoms with Gasteiger partial charge in [0.25, 0.3) is 0 Å². The standard InChI is InChI=1S/C15H27N3O2S.HI/c1-11-7-8-13(20-11)12(2)18-14(16-6)17-9-10-21(19)15(3,4)5;/h7-8,12H,9-10H2,1-6H3,(H2,16,17,18);1H. The monoisotopic (exact) mass is 441 g/mol. The minimum atomic E-state index is -0.865. The van der Waals surface area contributed by atoms with Crippen molar-refractivity contribution in [3.8, 4) is 0 Å². The van der Waals surface area contributed by atoms with Crippen LogP contribution in [0, 0.1) is 6.92 Å². The Morgan fingerprint density at radius 3 is 2.50 bits per heavy atom. The zero-order chi connectivity index (χ0) is 16.0. The lowest BCUT2D eigenvalue weighted by Gasteiger charge is -2.19. The highest BCUT2D eigenvalue weighted by molar-refractivity contribution is 14.0. The first-order chi connectivity index (χ1) is 9.74. The summed E-state index contributed by atoms with van der Waals surface area (Å²) < 4.78 is 17.4. The second-order valence-corrected chi connectivity index (χ2v) is 8.30. The Morgan fingerprint density at radius 2 is 2.05 bits per heavy atom. The van der Waals surface area contributed by atoms with Crippen LogP contribution in [-0.2, 0) is 10.8 Å². The molecule has 0 spiro atoms. The van der Waals surface area contributed by atoms with Crippen LogP contribution in [0.5, 0.6) is 0 Å². The first-order valence-electron chi connectivity index (χ1n) is 7.16. The number of rotatable bonds is 5. The number of hydrogen-bond donors (Lipinski definition) is 2. The number of aliphatic imine (C=N–C) groups is 1. The van der Waals surface area contributed by atoms with E-state index in [4.69, 9.17) is 4.42 Å². The number of nitrogens with one attached hydrogen (secondary N) is 2. The van der Waals surface area contributed by atoms with E-state index in [0.29, 0.717) is 18.3 Å².